The van der Waals surface area contributed by atoms with E-state index in [1.165, 1.54) is 12.1 Å². The smallest absolute Gasteiger partial charge is 0.137 e. The summed E-state index contributed by atoms with van der Waals surface area (Å²) in [6.45, 7) is 3.55. The Bertz CT molecular complexity index is 365. The van der Waals surface area contributed by atoms with Crippen LogP contribution in [-0.2, 0) is 11.2 Å². The van der Waals surface area contributed by atoms with E-state index in [4.69, 9.17) is 0 Å². The molecule has 0 radical (unpaired) electrons. The minimum absolute atomic E-state index is 0.00755. The normalized spacial score (nSPS) is 10.1. The third-order valence-electron chi connectivity index (χ3n) is 2.19. The SMILES string of the molecule is C=CCCCC(=O)Cc1cc(F)cc(F)c1. The van der Waals surface area contributed by atoms with E-state index in [-0.39, 0.29) is 12.2 Å². The van der Waals surface area contributed by atoms with Gasteiger partial charge in [-0.2, -0.15) is 0 Å². The quantitative estimate of drug-likeness (QED) is 0.534. The van der Waals surface area contributed by atoms with Crippen LogP contribution in [0.1, 0.15) is 24.8 Å². The summed E-state index contributed by atoms with van der Waals surface area (Å²) >= 11 is 0. The van der Waals surface area contributed by atoms with Gasteiger partial charge in [-0.05, 0) is 30.5 Å². The zero-order valence-electron chi connectivity index (χ0n) is 9.01. The molecule has 0 aliphatic carbocycles. The van der Waals surface area contributed by atoms with Crippen LogP contribution in [-0.4, -0.2) is 5.78 Å². The first-order valence-corrected chi connectivity index (χ1v) is 5.19. The topological polar surface area (TPSA) is 17.1 Å². The van der Waals surface area contributed by atoms with Crippen LogP contribution in [0.15, 0.2) is 30.9 Å². The highest BCUT2D eigenvalue weighted by molar-refractivity contribution is 5.80. The molecule has 1 nitrogen and oxygen atoms in total. The molecule has 0 saturated heterocycles. The molecule has 0 amide bonds. The summed E-state index contributed by atoms with van der Waals surface area (Å²) in [6, 6.07) is 3.18. The molecule has 3 heteroatoms. The molecule has 0 spiro atoms. The van der Waals surface area contributed by atoms with Crippen LogP contribution < -0.4 is 0 Å². The van der Waals surface area contributed by atoms with Crippen molar-refractivity contribution in [3.8, 4) is 0 Å². The fourth-order valence-corrected chi connectivity index (χ4v) is 1.47. The van der Waals surface area contributed by atoms with E-state index in [9.17, 15) is 13.6 Å². The molecule has 1 aromatic carbocycles. The Morgan fingerprint density at radius 1 is 1.25 bits per heavy atom. The van der Waals surface area contributed by atoms with Gasteiger partial charge in [-0.3, -0.25) is 4.79 Å². The van der Waals surface area contributed by atoms with Gasteiger partial charge in [-0.25, -0.2) is 8.78 Å². The molecule has 16 heavy (non-hydrogen) atoms. The van der Waals surface area contributed by atoms with Crippen molar-refractivity contribution in [3.05, 3.63) is 48.1 Å². The van der Waals surface area contributed by atoms with Crippen molar-refractivity contribution in [1.29, 1.82) is 0 Å². The summed E-state index contributed by atoms with van der Waals surface area (Å²) in [5, 5.41) is 0. The molecule has 0 fully saturated rings. The number of Topliss-reactive ketones (excluding diaryl/α,β-unsaturated/α-hetero) is 1. The maximum absolute atomic E-state index is 12.8. The van der Waals surface area contributed by atoms with E-state index in [1.807, 2.05) is 0 Å². The molecule has 0 heterocycles. The van der Waals surface area contributed by atoms with E-state index >= 15 is 0 Å². The molecule has 0 unspecified atom stereocenters. The lowest BCUT2D eigenvalue weighted by atomic mass is 10.0. The van der Waals surface area contributed by atoms with Gasteiger partial charge in [0.1, 0.15) is 17.4 Å². The van der Waals surface area contributed by atoms with Gasteiger partial charge >= 0.3 is 0 Å². The lowest BCUT2D eigenvalue weighted by molar-refractivity contribution is -0.118. The number of allylic oxidation sites excluding steroid dienone is 1. The largest absolute Gasteiger partial charge is 0.299 e. The molecule has 0 aliphatic heterocycles. The van der Waals surface area contributed by atoms with Crippen LogP contribution in [0.2, 0.25) is 0 Å². The highest BCUT2D eigenvalue weighted by Gasteiger charge is 2.06. The molecule has 0 atom stereocenters. The first kappa shape index (κ1) is 12.6. The molecule has 0 N–H and O–H groups in total. The standard InChI is InChI=1S/C13H14F2O/c1-2-3-4-5-13(16)8-10-6-11(14)9-12(15)7-10/h2,6-7,9H,1,3-5,8H2. The maximum atomic E-state index is 12.8. The average molecular weight is 224 g/mol. The first-order chi connectivity index (χ1) is 7.61. The van der Waals surface area contributed by atoms with Crippen molar-refractivity contribution < 1.29 is 13.6 Å². The summed E-state index contributed by atoms with van der Waals surface area (Å²) < 4.78 is 25.6. The van der Waals surface area contributed by atoms with Gasteiger partial charge in [-0.1, -0.05) is 6.08 Å². The summed E-state index contributed by atoms with van der Waals surface area (Å²) in [6.07, 6.45) is 3.77. The zero-order chi connectivity index (χ0) is 12.0. The summed E-state index contributed by atoms with van der Waals surface area (Å²) in [5.74, 6) is -1.30. The fraction of sp³-hybridized carbons (Fsp3) is 0.308. The number of benzene rings is 1. The summed E-state index contributed by atoms with van der Waals surface area (Å²) in [7, 11) is 0. The van der Waals surface area contributed by atoms with E-state index in [0.29, 0.717) is 12.0 Å². The van der Waals surface area contributed by atoms with Crippen molar-refractivity contribution >= 4 is 5.78 Å². The fourth-order valence-electron chi connectivity index (χ4n) is 1.47. The predicted molar refractivity (Wildman–Crippen MR) is 59.1 cm³/mol. The summed E-state index contributed by atoms with van der Waals surface area (Å²) in [4.78, 5) is 11.4. The van der Waals surface area contributed by atoms with Crippen molar-refractivity contribution in [1.82, 2.24) is 0 Å². The van der Waals surface area contributed by atoms with Crippen LogP contribution in [0.5, 0.6) is 0 Å². The van der Waals surface area contributed by atoms with E-state index in [2.05, 4.69) is 6.58 Å². The Kier molecular flexibility index (Phi) is 4.83. The average Bonchev–Trinajstić information content (AvgIpc) is 2.16. The minimum atomic E-state index is -0.645. The number of hydrogen-bond donors (Lipinski definition) is 0. The van der Waals surface area contributed by atoms with Crippen molar-refractivity contribution in [2.75, 3.05) is 0 Å². The number of ketones is 1. The maximum Gasteiger partial charge on any atom is 0.137 e. The molecule has 1 rings (SSSR count). The molecular weight excluding hydrogens is 210 g/mol. The van der Waals surface area contributed by atoms with Crippen LogP contribution >= 0.6 is 0 Å². The monoisotopic (exact) mass is 224 g/mol. The van der Waals surface area contributed by atoms with Crippen molar-refractivity contribution in [2.24, 2.45) is 0 Å². The van der Waals surface area contributed by atoms with E-state index in [1.54, 1.807) is 6.08 Å². The summed E-state index contributed by atoms with van der Waals surface area (Å²) in [5.41, 5.74) is 0.390. The van der Waals surface area contributed by atoms with Gasteiger partial charge in [0.15, 0.2) is 0 Å². The number of unbranched alkanes of at least 4 members (excludes halogenated alkanes) is 1. The molecule has 0 aliphatic rings. The van der Waals surface area contributed by atoms with Crippen molar-refractivity contribution in [3.63, 3.8) is 0 Å². The third kappa shape index (κ3) is 4.34. The van der Waals surface area contributed by atoms with Gasteiger partial charge in [0.05, 0.1) is 0 Å². The second kappa shape index (κ2) is 6.16. The van der Waals surface area contributed by atoms with Crippen LogP contribution in [0.25, 0.3) is 0 Å². The molecule has 1 aromatic rings. The molecule has 0 aromatic heterocycles. The van der Waals surface area contributed by atoms with E-state index in [0.717, 1.165) is 18.9 Å². The highest BCUT2D eigenvalue weighted by Crippen LogP contribution is 2.10. The van der Waals surface area contributed by atoms with E-state index < -0.39 is 11.6 Å². The Balaban J connectivity index is 2.52. The Morgan fingerprint density at radius 3 is 2.44 bits per heavy atom. The number of hydrogen-bond acceptors (Lipinski definition) is 1. The first-order valence-electron chi connectivity index (χ1n) is 5.19. The van der Waals surface area contributed by atoms with Gasteiger partial charge in [-0.15, -0.1) is 6.58 Å². The molecule has 0 saturated carbocycles. The molecule has 0 bridgehead atoms. The number of carbonyl (C=O) groups is 1. The van der Waals surface area contributed by atoms with Gasteiger partial charge in [0, 0.05) is 18.9 Å². The van der Waals surface area contributed by atoms with Crippen molar-refractivity contribution in [2.45, 2.75) is 25.7 Å². The van der Waals surface area contributed by atoms with Crippen LogP contribution in [0.3, 0.4) is 0 Å². The second-order valence-electron chi connectivity index (χ2n) is 3.67. The van der Waals surface area contributed by atoms with Crippen LogP contribution in [0, 0.1) is 11.6 Å². The zero-order valence-corrected chi connectivity index (χ0v) is 9.01. The Hall–Kier alpha value is -1.51. The number of halogens is 2. The van der Waals surface area contributed by atoms with Gasteiger partial charge in [0.25, 0.3) is 0 Å². The Morgan fingerprint density at radius 2 is 1.88 bits per heavy atom. The third-order valence-corrected chi connectivity index (χ3v) is 2.19. The lowest BCUT2D eigenvalue weighted by Gasteiger charge is -2.01. The Labute approximate surface area is 93.8 Å². The molecular formula is C13H14F2O. The van der Waals surface area contributed by atoms with Gasteiger partial charge in [0.2, 0.25) is 0 Å². The van der Waals surface area contributed by atoms with Gasteiger partial charge < -0.3 is 0 Å². The van der Waals surface area contributed by atoms with Crippen LogP contribution in [0.4, 0.5) is 8.78 Å². The predicted octanol–water partition coefficient (Wildman–Crippen LogP) is 3.43. The second-order valence-corrected chi connectivity index (χ2v) is 3.67. The number of carbonyl (C=O) groups excluding carboxylic acids is 1. The number of rotatable bonds is 6. The minimum Gasteiger partial charge on any atom is -0.299 e. The lowest BCUT2D eigenvalue weighted by Crippen LogP contribution is -2.03. The highest BCUT2D eigenvalue weighted by atomic mass is 19.1. The molecule has 86 valence electrons.